The minimum absolute atomic E-state index is 0.0155. The standard InChI is InChI=1S/C16H10N2O8S2/c19-9-17-13-8-7-12(16(28(24,25)26)15(13)18-10-20)6-5-11-3-1-2-4-14(11)27(21,22)23/h1-8H,(H,21,22,23)(H,24,25,26). The van der Waals surface area contributed by atoms with Gasteiger partial charge in [-0.05, 0) is 23.3 Å². The molecule has 12 heteroatoms. The number of isocyanates is 2. The molecule has 0 aliphatic heterocycles. The van der Waals surface area contributed by atoms with E-state index in [-0.39, 0.29) is 16.8 Å². The van der Waals surface area contributed by atoms with Gasteiger partial charge in [0.1, 0.15) is 21.2 Å². The lowest BCUT2D eigenvalue weighted by Crippen LogP contribution is -2.02. The fourth-order valence-electron chi connectivity index (χ4n) is 2.30. The summed E-state index contributed by atoms with van der Waals surface area (Å²) < 4.78 is 65.2. The second kappa shape index (κ2) is 8.19. The van der Waals surface area contributed by atoms with Crippen molar-refractivity contribution in [2.24, 2.45) is 9.98 Å². The van der Waals surface area contributed by atoms with E-state index in [1.54, 1.807) is 0 Å². The molecule has 0 heterocycles. The van der Waals surface area contributed by atoms with E-state index in [1.165, 1.54) is 18.2 Å². The minimum atomic E-state index is -4.95. The SMILES string of the molecule is O=C=Nc1ccc(C=Cc2ccccc2S(=O)(=O)O)c(S(=O)(=O)O)c1N=C=O. The first-order valence-corrected chi connectivity index (χ1v) is 10.0. The van der Waals surface area contributed by atoms with Gasteiger partial charge in [-0.25, -0.2) is 9.59 Å². The summed E-state index contributed by atoms with van der Waals surface area (Å²) in [7, 11) is -9.51. The molecule has 2 N–H and O–H groups in total. The Kier molecular flexibility index (Phi) is 6.16. The number of rotatable bonds is 6. The molecule has 0 saturated carbocycles. The summed E-state index contributed by atoms with van der Waals surface area (Å²) >= 11 is 0. The van der Waals surface area contributed by atoms with E-state index in [9.17, 15) is 35.5 Å². The Morgan fingerprint density at radius 3 is 1.96 bits per heavy atom. The van der Waals surface area contributed by atoms with Gasteiger partial charge in [-0.2, -0.15) is 26.8 Å². The maximum absolute atomic E-state index is 11.8. The lowest BCUT2D eigenvalue weighted by Gasteiger charge is -2.08. The Morgan fingerprint density at radius 1 is 0.786 bits per heavy atom. The van der Waals surface area contributed by atoms with Crippen LogP contribution in [-0.4, -0.2) is 38.1 Å². The molecule has 0 bridgehead atoms. The summed E-state index contributed by atoms with van der Waals surface area (Å²) in [4.78, 5) is 26.2. The van der Waals surface area contributed by atoms with Crippen molar-refractivity contribution in [2.45, 2.75) is 9.79 Å². The largest absolute Gasteiger partial charge is 0.297 e. The number of hydrogen-bond acceptors (Lipinski definition) is 8. The van der Waals surface area contributed by atoms with Crippen LogP contribution >= 0.6 is 0 Å². The number of aliphatic imine (C=N–C) groups is 2. The number of nitrogens with zero attached hydrogens (tertiary/aromatic N) is 2. The summed E-state index contributed by atoms with van der Waals surface area (Å²) in [5, 5.41) is 0. The molecule has 0 spiro atoms. The van der Waals surface area contributed by atoms with Gasteiger partial charge >= 0.3 is 0 Å². The van der Waals surface area contributed by atoms with Crippen molar-refractivity contribution in [3.05, 3.63) is 47.5 Å². The highest BCUT2D eigenvalue weighted by atomic mass is 32.2. The molecule has 0 unspecified atom stereocenters. The number of carbonyl (C=O) groups excluding carboxylic acids is 2. The van der Waals surface area contributed by atoms with E-state index in [4.69, 9.17) is 0 Å². The predicted molar refractivity (Wildman–Crippen MR) is 97.0 cm³/mol. The average Bonchev–Trinajstić information content (AvgIpc) is 2.60. The predicted octanol–water partition coefficient (Wildman–Crippen LogP) is 2.29. The first-order chi connectivity index (χ1) is 13.1. The first-order valence-electron chi connectivity index (χ1n) is 7.14. The van der Waals surface area contributed by atoms with Crippen LogP contribution in [0, 0.1) is 0 Å². The van der Waals surface area contributed by atoms with E-state index < -0.39 is 35.7 Å². The summed E-state index contributed by atoms with van der Waals surface area (Å²) in [6.45, 7) is 0. The number of benzene rings is 2. The van der Waals surface area contributed by atoms with Crippen LogP contribution in [0.5, 0.6) is 0 Å². The molecule has 144 valence electrons. The third-order valence-electron chi connectivity index (χ3n) is 3.36. The van der Waals surface area contributed by atoms with E-state index >= 15 is 0 Å². The van der Waals surface area contributed by atoms with Gasteiger partial charge in [0, 0.05) is 0 Å². The smallest absolute Gasteiger partial charge is 0.282 e. The van der Waals surface area contributed by atoms with Crippen LogP contribution in [0.15, 0.2) is 56.2 Å². The zero-order chi connectivity index (χ0) is 20.9. The van der Waals surface area contributed by atoms with Crippen LogP contribution in [0.2, 0.25) is 0 Å². The lowest BCUT2D eigenvalue weighted by molar-refractivity contribution is 0.480. The van der Waals surface area contributed by atoms with Crippen LogP contribution in [0.4, 0.5) is 11.4 Å². The van der Waals surface area contributed by atoms with Crippen molar-refractivity contribution in [2.75, 3.05) is 0 Å². The Hall–Kier alpha value is -3.24. The molecule has 28 heavy (non-hydrogen) atoms. The van der Waals surface area contributed by atoms with E-state index in [0.29, 0.717) is 0 Å². The molecular formula is C16H10N2O8S2. The van der Waals surface area contributed by atoms with Crippen molar-refractivity contribution < 1.29 is 35.5 Å². The maximum atomic E-state index is 11.8. The summed E-state index contributed by atoms with van der Waals surface area (Å²) in [6, 6.07) is 7.57. The Bertz CT molecular complexity index is 1270. The summed E-state index contributed by atoms with van der Waals surface area (Å²) in [5.74, 6) is 0. The fraction of sp³-hybridized carbons (Fsp3) is 0. The molecule has 0 atom stereocenters. The second-order valence-corrected chi connectivity index (χ2v) is 7.83. The minimum Gasteiger partial charge on any atom is -0.282 e. The van der Waals surface area contributed by atoms with Crippen molar-refractivity contribution in [1.82, 2.24) is 0 Å². The highest BCUT2D eigenvalue weighted by Gasteiger charge is 2.23. The van der Waals surface area contributed by atoms with Crippen LogP contribution < -0.4 is 0 Å². The molecule has 0 saturated heterocycles. The summed E-state index contributed by atoms with van der Waals surface area (Å²) in [6.07, 6.45) is 4.52. The quantitative estimate of drug-likeness (QED) is 0.309. The molecule has 2 rings (SSSR count). The normalized spacial score (nSPS) is 11.6. The molecule has 0 amide bonds. The third-order valence-corrected chi connectivity index (χ3v) is 5.23. The lowest BCUT2D eigenvalue weighted by atomic mass is 10.1. The highest BCUT2D eigenvalue weighted by Crippen LogP contribution is 2.37. The van der Waals surface area contributed by atoms with Crippen LogP contribution in [0.1, 0.15) is 11.1 Å². The molecule has 10 nitrogen and oxygen atoms in total. The highest BCUT2D eigenvalue weighted by molar-refractivity contribution is 7.86. The zero-order valence-electron chi connectivity index (χ0n) is 13.7. The van der Waals surface area contributed by atoms with E-state index in [1.807, 2.05) is 0 Å². The van der Waals surface area contributed by atoms with Crippen LogP contribution in [0.3, 0.4) is 0 Å². The van der Waals surface area contributed by atoms with Gasteiger partial charge in [0.25, 0.3) is 20.2 Å². The Balaban J connectivity index is 2.78. The van der Waals surface area contributed by atoms with Gasteiger partial charge in [-0.3, -0.25) is 9.11 Å². The van der Waals surface area contributed by atoms with Crippen molar-refractivity contribution >= 4 is 55.9 Å². The Morgan fingerprint density at radius 2 is 1.39 bits per heavy atom. The van der Waals surface area contributed by atoms with Gasteiger partial charge in [0.2, 0.25) is 12.2 Å². The van der Waals surface area contributed by atoms with Crippen molar-refractivity contribution in [3.8, 4) is 0 Å². The van der Waals surface area contributed by atoms with E-state index in [0.717, 1.165) is 42.5 Å². The Labute approximate surface area is 159 Å². The molecular weight excluding hydrogens is 412 g/mol. The first kappa shape index (κ1) is 21.1. The third kappa shape index (κ3) is 4.72. The molecule has 2 aromatic carbocycles. The van der Waals surface area contributed by atoms with Gasteiger partial charge in [-0.1, -0.05) is 36.4 Å². The molecule has 0 aliphatic carbocycles. The van der Waals surface area contributed by atoms with Crippen LogP contribution in [-0.2, 0) is 29.8 Å². The van der Waals surface area contributed by atoms with Crippen LogP contribution in [0.25, 0.3) is 12.2 Å². The monoisotopic (exact) mass is 422 g/mol. The molecule has 0 aromatic heterocycles. The molecule has 0 fully saturated rings. The topological polar surface area (TPSA) is 168 Å². The molecule has 0 aliphatic rings. The van der Waals surface area contributed by atoms with Gasteiger partial charge in [0.15, 0.2) is 0 Å². The fourth-order valence-corrected chi connectivity index (χ4v) is 3.82. The second-order valence-electron chi connectivity index (χ2n) is 5.08. The van der Waals surface area contributed by atoms with Crippen molar-refractivity contribution in [3.63, 3.8) is 0 Å². The average molecular weight is 422 g/mol. The zero-order valence-corrected chi connectivity index (χ0v) is 15.3. The summed E-state index contributed by atoms with van der Waals surface area (Å²) in [5.41, 5.74) is -1.19. The van der Waals surface area contributed by atoms with Gasteiger partial charge in [-0.15, -0.1) is 0 Å². The van der Waals surface area contributed by atoms with Crippen molar-refractivity contribution in [1.29, 1.82) is 0 Å². The van der Waals surface area contributed by atoms with Gasteiger partial charge < -0.3 is 0 Å². The molecule has 0 radical (unpaired) electrons. The number of hydrogen-bond donors (Lipinski definition) is 2. The van der Waals surface area contributed by atoms with Gasteiger partial charge in [0.05, 0.1) is 0 Å². The van der Waals surface area contributed by atoms with E-state index in [2.05, 4.69) is 9.98 Å². The molecule has 2 aromatic rings. The maximum Gasteiger partial charge on any atom is 0.297 e.